The summed E-state index contributed by atoms with van der Waals surface area (Å²) in [4.78, 5) is 13.2. The number of ether oxygens (including phenoxy) is 7. The zero-order valence-electron chi connectivity index (χ0n) is 44.0. The summed E-state index contributed by atoms with van der Waals surface area (Å²) in [5.41, 5.74) is 0. The van der Waals surface area contributed by atoms with Crippen molar-refractivity contribution in [3.63, 3.8) is 0 Å². The van der Waals surface area contributed by atoms with Crippen molar-refractivity contribution < 1.29 is 51.2 Å². The van der Waals surface area contributed by atoms with Crippen LogP contribution in [-0.4, -0.2) is 118 Å². The molecule has 14 heteroatoms. The van der Waals surface area contributed by atoms with Gasteiger partial charge in [0, 0.05) is 38.8 Å². The predicted octanol–water partition coefficient (Wildman–Crippen LogP) is 12.1. The zero-order valence-corrected chi connectivity index (χ0v) is 47.0. The second-order valence-corrected chi connectivity index (χ2v) is 39.0. The average molecular weight is 946 g/mol. The molecule has 0 amide bonds. The van der Waals surface area contributed by atoms with Gasteiger partial charge < -0.3 is 46.4 Å². The maximum absolute atomic E-state index is 13.2. The maximum atomic E-state index is 13.2. The summed E-state index contributed by atoms with van der Waals surface area (Å²) in [6.07, 6.45) is 7.18. The lowest BCUT2D eigenvalue weighted by Gasteiger charge is -2.51. The molecular weight excluding hydrogens is 849 g/mol. The van der Waals surface area contributed by atoms with E-state index in [1.54, 1.807) is 14.0 Å². The van der Waals surface area contributed by atoms with Gasteiger partial charge in [0.1, 0.15) is 12.2 Å². The second kappa shape index (κ2) is 21.2. The summed E-state index contributed by atoms with van der Waals surface area (Å²) in [5, 5.41) is 0.261. The van der Waals surface area contributed by atoms with Crippen LogP contribution >= 0.6 is 0 Å². The summed E-state index contributed by atoms with van der Waals surface area (Å²) < 4.78 is 66.9. The van der Waals surface area contributed by atoms with Crippen LogP contribution in [0.15, 0.2) is 0 Å². The van der Waals surface area contributed by atoms with E-state index in [0.29, 0.717) is 12.8 Å². The molecule has 4 saturated heterocycles. The van der Waals surface area contributed by atoms with Gasteiger partial charge >= 0.3 is 5.97 Å². The van der Waals surface area contributed by atoms with Crippen LogP contribution in [0.4, 0.5) is 0 Å². The highest BCUT2D eigenvalue weighted by Gasteiger charge is 2.57. The maximum Gasteiger partial charge on any atom is 0.338 e. The van der Waals surface area contributed by atoms with Crippen LogP contribution < -0.4 is 0 Å². The van der Waals surface area contributed by atoms with Crippen molar-refractivity contribution >= 4 is 30.9 Å². The van der Waals surface area contributed by atoms with E-state index in [1.807, 2.05) is 13.8 Å². The molecular formula is C49H96O11Si3. The first-order valence-corrected chi connectivity index (χ1v) is 33.5. The fourth-order valence-electron chi connectivity index (χ4n) is 8.96. The molecule has 0 radical (unpaired) electrons. The third-order valence-corrected chi connectivity index (χ3v) is 29.6. The van der Waals surface area contributed by atoms with E-state index in [0.717, 1.165) is 64.4 Å². The van der Waals surface area contributed by atoms with Gasteiger partial charge in [0.15, 0.2) is 42.6 Å². The Kier molecular flexibility index (Phi) is 18.6. The van der Waals surface area contributed by atoms with E-state index in [2.05, 4.69) is 109 Å². The zero-order chi connectivity index (χ0) is 47.6. The third kappa shape index (κ3) is 14.6. The summed E-state index contributed by atoms with van der Waals surface area (Å²) in [7, 11) is -4.55. The second-order valence-electron chi connectivity index (χ2n) is 24.7. The molecule has 0 unspecified atom stereocenters. The minimum Gasteiger partial charge on any atom is -0.464 e. The molecule has 0 bridgehead atoms. The van der Waals surface area contributed by atoms with E-state index in [-0.39, 0.29) is 64.3 Å². The molecule has 4 heterocycles. The van der Waals surface area contributed by atoms with E-state index >= 15 is 0 Å². The first-order valence-electron chi connectivity index (χ1n) is 24.8. The number of hydrogen-bond donors (Lipinski definition) is 0. The number of hydrogen-bond acceptors (Lipinski definition) is 11. The van der Waals surface area contributed by atoms with Crippen molar-refractivity contribution in [3.8, 4) is 0 Å². The molecule has 0 aromatic heterocycles. The Hall–Kier alpha value is -0.239. The Morgan fingerprint density at radius 1 is 0.714 bits per heavy atom. The SMILES string of the molecule is CCOC(=O)[C@@H]1OC(C)(C)O[C@@H]1[C@H]1O[C@]2(CC[C@@H]1OC)CC[C@H](C)[C@@H](C[C@H](C[C@@H](C[C@@H]1CCC[C@H](CCO[Si](C)(C)C(C)(C)C)O1)O[Si](C)(C)C(C)(C)C)O[Si](C)(C)C(C)(C)C)O2. The first-order chi connectivity index (χ1) is 28.7. The monoisotopic (exact) mass is 945 g/mol. The molecule has 11 nitrogen and oxygen atoms in total. The predicted molar refractivity (Wildman–Crippen MR) is 260 cm³/mol. The minimum absolute atomic E-state index is 0.0228. The van der Waals surface area contributed by atoms with Gasteiger partial charge in [-0.15, -0.1) is 0 Å². The van der Waals surface area contributed by atoms with Crippen molar-refractivity contribution in [1.82, 2.24) is 0 Å². The number of methoxy groups -OCH3 is 1. The van der Waals surface area contributed by atoms with E-state index in [9.17, 15) is 4.79 Å². The Balaban J connectivity index is 1.60. The lowest BCUT2D eigenvalue weighted by molar-refractivity contribution is -0.352. The van der Waals surface area contributed by atoms with Crippen molar-refractivity contribution in [2.75, 3.05) is 20.3 Å². The Labute approximate surface area is 388 Å². The van der Waals surface area contributed by atoms with Crippen molar-refractivity contribution in [1.29, 1.82) is 0 Å². The molecule has 0 saturated carbocycles. The lowest BCUT2D eigenvalue weighted by atomic mass is 9.83. The number of carbonyl (C=O) groups excluding carboxylic acids is 1. The van der Waals surface area contributed by atoms with Crippen LogP contribution in [0.25, 0.3) is 0 Å². The van der Waals surface area contributed by atoms with Gasteiger partial charge in [0.05, 0.1) is 31.0 Å². The Morgan fingerprint density at radius 3 is 1.83 bits per heavy atom. The first kappa shape index (κ1) is 55.4. The van der Waals surface area contributed by atoms with Crippen LogP contribution in [0.3, 0.4) is 0 Å². The molecule has 1 spiro atoms. The quantitative estimate of drug-likeness (QED) is 0.0968. The molecule has 0 aliphatic carbocycles. The van der Waals surface area contributed by atoms with Crippen molar-refractivity contribution in [3.05, 3.63) is 0 Å². The molecule has 370 valence electrons. The molecule has 0 aromatic carbocycles. The van der Waals surface area contributed by atoms with Crippen LogP contribution in [0.5, 0.6) is 0 Å². The van der Waals surface area contributed by atoms with Gasteiger partial charge in [-0.05, 0) is 139 Å². The van der Waals surface area contributed by atoms with Gasteiger partial charge in [-0.2, -0.15) is 0 Å². The topological polar surface area (TPSA) is 109 Å². The van der Waals surface area contributed by atoms with Crippen LogP contribution in [0.2, 0.25) is 54.4 Å². The fraction of sp³-hybridized carbons (Fsp3) is 0.980. The highest BCUT2D eigenvalue weighted by Crippen LogP contribution is 2.48. The summed E-state index contributed by atoms with van der Waals surface area (Å²) >= 11 is 0. The largest absolute Gasteiger partial charge is 0.464 e. The van der Waals surface area contributed by atoms with Gasteiger partial charge in [-0.1, -0.05) is 69.2 Å². The van der Waals surface area contributed by atoms with Crippen LogP contribution in [0.1, 0.15) is 161 Å². The van der Waals surface area contributed by atoms with Crippen LogP contribution in [0, 0.1) is 5.92 Å². The summed E-state index contributed by atoms with van der Waals surface area (Å²) in [5.74, 6) is -2.01. The van der Waals surface area contributed by atoms with Gasteiger partial charge in [-0.25, -0.2) is 4.79 Å². The third-order valence-electron chi connectivity index (χ3n) is 16.0. The minimum atomic E-state index is -2.24. The molecule has 4 aliphatic rings. The smallest absolute Gasteiger partial charge is 0.338 e. The molecule has 4 fully saturated rings. The van der Waals surface area contributed by atoms with Crippen LogP contribution in [-0.2, 0) is 51.2 Å². The molecule has 0 aromatic rings. The number of rotatable bonds is 18. The summed E-state index contributed by atoms with van der Waals surface area (Å²) in [6.45, 7) is 43.8. The van der Waals surface area contributed by atoms with E-state index < -0.39 is 60.8 Å². The van der Waals surface area contributed by atoms with Gasteiger partial charge in [0.2, 0.25) is 0 Å². The average Bonchev–Trinajstić information content (AvgIpc) is 3.47. The Morgan fingerprint density at radius 2 is 1.27 bits per heavy atom. The summed E-state index contributed by atoms with van der Waals surface area (Å²) in [6, 6.07) is 0. The Bertz CT molecular complexity index is 1450. The lowest BCUT2D eigenvalue weighted by Crippen LogP contribution is -2.59. The highest BCUT2D eigenvalue weighted by atomic mass is 28.4. The van der Waals surface area contributed by atoms with Crippen molar-refractivity contribution in [2.45, 2.75) is 282 Å². The normalized spacial score (nSPS) is 32.4. The highest BCUT2D eigenvalue weighted by molar-refractivity contribution is 6.75. The number of carbonyl (C=O) groups is 1. The van der Waals surface area contributed by atoms with E-state index in [1.165, 1.54) is 0 Å². The number of esters is 1. The molecule has 63 heavy (non-hydrogen) atoms. The molecule has 4 rings (SSSR count). The molecule has 0 N–H and O–H groups in total. The van der Waals surface area contributed by atoms with E-state index in [4.69, 9.17) is 46.4 Å². The fourth-order valence-corrected chi connectivity index (χ4v) is 12.8. The van der Waals surface area contributed by atoms with Gasteiger partial charge in [0.25, 0.3) is 0 Å². The molecule has 4 aliphatic heterocycles. The molecule has 11 atom stereocenters. The standard InChI is InChI=1S/C49H96O11Si3/c1-21-52-44(50)43-42(56-48(12,13)57-43)41-39(51-14)26-29-49(58-41)28-25-34(2)40(55-49)33-38(60-63(19,20)47(9,10)11)32-37(59-62(17,18)46(6,7)8)31-36-24-22-23-35(54-36)27-30-53-61(15,16)45(3,4)5/h34-43H,21-33H2,1-20H3/t34-,35+,36-,37+,38-,39-,40+,41-,42+,43+,49-/m0/s1. The van der Waals surface area contributed by atoms with Crippen molar-refractivity contribution in [2.24, 2.45) is 5.92 Å². The van der Waals surface area contributed by atoms with Gasteiger partial charge in [-0.3, -0.25) is 0 Å².